The summed E-state index contributed by atoms with van der Waals surface area (Å²) in [5.74, 6) is -3.10. The van der Waals surface area contributed by atoms with E-state index in [9.17, 15) is 24.3 Å². The number of carbonyl (C=O) groups is 4. The minimum Gasteiger partial charge on any atom is -0.480 e. The average Bonchev–Trinajstić information content (AvgIpc) is 3.37. The number of rotatable bonds is 19. The molecule has 0 bridgehead atoms. The van der Waals surface area contributed by atoms with Gasteiger partial charge < -0.3 is 49.0 Å². The lowest BCUT2D eigenvalue weighted by Gasteiger charge is -2.26. The highest BCUT2D eigenvalue weighted by atomic mass is 16.4. The maximum atomic E-state index is 13.3. The van der Waals surface area contributed by atoms with Gasteiger partial charge in [-0.25, -0.2) is 9.78 Å². The van der Waals surface area contributed by atoms with Crippen LogP contribution in [0.3, 0.4) is 0 Å². The fraction of sp³-hybridized carbons (Fsp3) is 0.667. The topological polar surface area (TPSA) is 270 Å². The molecule has 39 heavy (non-hydrogen) atoms. The highest BCUT2D eigenvalue weighted by Gasteiger charge is 2.31. The zero-order valence-corrected chi connectivity index (χ0v) is 22.7. The van der Waals surface area contributed by atoms with Crippen LogP contribution >= 0.6 is 0 Å². The summed E-state index contributed by atoms with van der Waals surface area (Å²) < 4.78 is 0. The highest BCUT2D eigenvalue weighted by molar-refractivity contribution is 5.94. The number of nitrogens with two attached hydrogens (primary N) is 4. The Bertz CT molecular complexity index is 934. The predicted molar refractivity (Wildman–Crippen MR) is 146 cm³/mol. The molecule has 4 atom stereocenters. The molecule has 0 aromatic carbocycles. The van der Waals surface area contributed by atoms with E-state index in [1.807, 2.05) is 13.8 Å². The Balaban J connectivity index is 3.00. The van der Waals surface area contributed by atoms with Gasteiger partial charge >= 0.3 is 5.97 Å². The Morgan fingerprint density at radius 2 is 1.62 bits per heavy atom. The molecule has 4 unspecified atom stereocenters. The van der Waals surface area contributed by atoms with Crippen LogP contribution in [0.15, 0.2) is 17.5 Å². The molecule has 0 aliphatic carbocycles. The van der Waals surface area contributed by atoms with Crippen molar-refractivity contribution in [2.24, 2.45) is 33.8 Å². The molecule has 1 aromatic heterocycles. The highest BCUT2D eigenvalue weighted by Crippen LogP contribution is 2.09. The third-order valence-electron chi connectivity index (χ3n) is 5.82. The number of carboxylic acids is 1. The number of amides is 3. The first-order chi connectivity index (χ1) is 18.4. The van der Waals surface area contributed by atoms with E-state index < -0.39 is 47.9 Å². The number of hydrogen-bond acceptors (Lipinski definition) is 8. The second-order valence-corrected chi connectivity index (χ2v) is 9.77. The maximum absolute atomic E-state index is 13.3. The molecule has 15 heteroatoms. The Morgan fingerprint density at radius 3 is 2.18 bits per heavy atom. The third-order valence-corrected chi connectivity index (χ3v) is 5.82. The van der Waals surface area contributed by atoms with Crippen LogP contribution < -0.4 is 38.9 Å². The van der Waals surface area contributed by atoms with Crippen LogP contribution in [-0.4, -0.2) is 82.0 Å². The van der Waals surface area contributed by atoms with E-state index in [1.165, 1.54) is 12.5 Å². The van der Waals surface area contributed by atoms with Crippen LogP contribution in [0.2, 0.25) is 0 Å². The normalized spacial score (nSPS) is 14.1. The summed E-state index contributed by atoms with van der Waals surface area (Å²) in [6.45, 7) is 4.47. The lowest BCUT2D eigenvalue weighted by atomic mass is 10.0. The molecular weight excluding hydrogens is 508 g/mol. The SMILES string of the molecule is CC(C)CC(NC(=O)C(N)CCCCN)C(=O)NC(Cc1cnc[nH]1)C(=O)NC(CCCN=C(N)N)C(=O)O. The quantitative estimate of drug-likeness (QED) is 0.0519. The average molecular weight is 553 g/mol. The van der Waals surface area contributed by atoms with Crippen LogP contribution in [0.4, 0.5) is 0 Å². The first-order valence-electron chi connectivity index (χ1n) is 13.1. The first-order valence-corrected chi connectivity index (χ1v) is 13.1. The van der Waals surface area contributed by atoms with E-state index in [1.54, 1.807) is 0 Å². The van der Waals surface area contributed by atoms with E-state index in [4.69, 9.17) is 22.9 Å². The summed E-state index contributed by atoms with van der Waals surface area (Å²) in [7, 11) is 0. The number of aromatic nitrogens is 2. The van der Waals surface area contributed by atoms with Gasteiger partial charge in [-0.15, -0.1) is 0 Å². The lowest BCUT2D eigenvalue weighted by molar-refractivity contribution is -0.142. The molecule has 0 fully saturated rings. The minimum absolute atomic E-state index is 0.0128. The number of unbranched alkanes of at least 4 members (excludes halogenated alkanes) is 1. The van der Waals surface area contributed by atoms with Crippen molar-refractivity contribution in [2.75, 3.05) is 13.1 Å². The maximum Gasteiger partial charge on any atom is 0.326 e. The molecule has 0 spiro atoms. The Labute approximate surface area is 228 Å². The standard InChI is InChI=1S/C24H44N10O5/c1-14(2)10-18(33-20(35)16(26)6-3-4-8-25)21(36)34-19(11-15-12-29-13-31-15)22(37)32-17(23(38)39)7-5-9-30-24(27)28/h12-14,16-19H,3-11,25-26H2,1-2H3,(H,29,31)(H,32,37)(H,33,35)(H,34,36)(H,38,39)(H4,27,28,30). The Morgan fingerprint density at radius 1 is 0.974 bits per heavy atom. The van der Waals surface area contributed by atoms with Gasteiger partial charge in [0.2, 0.25) is 17.7 Å². The van der Waals surface area contributed by atoms with Gasteiger partial charge in [0.15, 0.2) is 5.96 Å². The second kappa shape index (κ2) is 17.7. The number of aliphatic imine (C=N–C) groups is 1. The van der Waals surface area contributed by atoms with Crippen molar-refractivity contribution in [2.45, 2.75) is 83.0 Å². The summed E-state index contributed by atoms with van der Waals surface area (Å²) in [6, 6.07) is -4.14. The van der Waals surface area contributed by atoms with Crippen molar-refractivity contribution in [3.63, 3.8) is 0 Å². The Kier molecular flexibility index (Phi) is 15.1. The summed E-state index contributed by atoms with van der Waals surface area (Å²) in [4.78, 5) is 61.5. The van der Waals surface area contributed by atoms with Crippen molar-refractivity contribution in [1.29, 1.82) is 0 Å². The molecule has 0 radical (unpaired) electrons. The molecule has 0 saturated heterocycles. The number of carboxylic acid groups (broad SMARTS) is 1. The van der Waals surface area contributed by atoms with Crippen molar-refractivity contribution in [3.8, 4) is 0 Å². The van der Waals surface area contributed by atoms with E-state index in [-0.39, 0.29) is 31.3 Å². The van der Waals surface area contributed by atoms with Crippen molar-refractivity contribution >= 4 is 29.7 Å². The summed E-state index contributed by atoms with van der Waals surface area (Å²) >= 11 is 0. The number of imidazole rings is 1. The van der Waals surface area contributed by atoms with Gasteiger partial charge in [-0.1, -0.05) is 20.3 Å². The molecule has 1 rings (SSSR count). The number of aromatic amines is 1. The zero-order chi connectivity index (χ0) is 29.4. The number of nitrogens with one attached hydrogen (secondary N) is 4. The summed E-state index contributed by atoms with van der Waals surface area (Å²) in [5, 5.41) is 17.4. The van der Waals surface area contributed by atoms with E-state index >= 15 is 0 Å². The van der Waals surface area contributed by atoms with Crippen LogP contribution in [0.5, 0.6) is 0 Å². The van der Waals surface area contributed by atoms with Gasteiger partial charge in [0, 0.05) is 24.9 Å². The molecule has 3 amide bonds. The molecular formula is C24H44N10O5. The minimum atomic E-state index is -1.24. The van der Waals surface area contributed by atoms with Crippen LogP contribution in [0.25, 0.3) is 0 Å². The molecule has 1 aromatic rings. The number of H-pyrrole nitrogens is 1. The van der Waals surface area contributed by atoms with Gasteiger partial charge in [-0.3, -0.25) is 19.4 Å². The van der Waals surface area contributed by atoms with Crippen LogP contribution in [-0.2, 0) is 25.6 Å². The molecule has 0 saturated carbocycles. The van der Waals surface area contributed by atoms with Gasteiger partial charge in [0.25, 0.3) is 0 Å². The number of aliphatic carboxylic acids is 1. The van der Waals surface area contributed by atoms with E-state index in [2.05, 4.69) is 30.9 Å². The molecule has 220 valence electrons. The largest absolute Gasteiger partial charge is 0.480 e. The molecule has 13 N–H and O–H groups in total. The van der Waals surface area contributed by atoms with Gasteiger partial charge in [0.1, 0.15) is 18.1 Å². The molecule has 1 heterocycles. The van der Waals surface area contributed by atoms with Gasteiger partial charge in [0.05, 0.1) is 12.4 Å². The van der Waals surface area contributed by atoms with Crippen molar-refractivity contribution in [1.82, 2.24) is 25.9 Å². The predicted octanol–water partition coefficient (Wildman–Crippen LogP) is -1.95. The fourth-order valence-electron chi connectivity index (χ4n) is 3.75. The second-order valence-electron chi connectivity index (χ2n) is 9.77. The number of guanidine groups is 1. The first kappa shape index (κ1) is 33.3. The monoisotopic (exact) mass is 552 g/mol. The summed E-state index contributed by atoms with van der Waals surface area (Å²) in [6.07, 6.45) is 5.42. The molecule has 0 aliphatic heterocycles. The zero-order valence-electron chi connectivity index (χ0n) is 22.7. The van der Waals surface area contributed by atoms with Gasteiger partial charge in [-0.2, -0.15) is 0 Å². The molecule has 15 nitrogen and oxygen atoms in total. The number of hydrogen-bond donors (Lipinski definition) is 9. The van der Waals surface area contributed by atoms with Gasteiger partial charge in [-0.05, 0) is 44.6 Å². The van der Waals surface area contributed by atoms with Crippen LogP contribution in [0.1, 0.15) is 58.1 Å². The van der Waals surface area contributed by atoms with E-state index in [0.717, 1.165) is 6.42 Å². The summed E-state index contributed by atoms with van der Waals surface area (Å²) in [5.41, 5.74) is 22.6. The van der Waals surface area contributed by atoms with Crippen molar-refractivity contribution in [3.05, 3.63) is 18.2 Å². The smallest absolute Gasteiger partial charge is 0.326 e. The van der Waals surface area contributed by atoms with Crippen molar-refractivity contribution < 1.29 is 24.3 Å². The Hall–Kier alpha value is -3.72. The fourth-order valence-corrected chi connectivity index (χ4v) is 3.75. The lowest BCUT2D eigenvalue weighted by Crippen LogP contribution is -2.57. The number of nitrogens with zero attached hydrogens (tertiary/aromatic N) is 2. The third kappa shape index (κ3) is 13.6. The molecule has 0 aliphatic rings. The van der Waals surface area contributed by atoms with E-state index in [0.29, 0.717) is 37.9 Å². The number of carbonyl (C=O) groups excluding carboxylic acids is 3. The van der Waals surface area contributed by atoms with Crippen LogP contribution in [0, 0.1) is 5.92 Å².